The smallest absolute Gasteiger partial charge is 0.355 e. The fourth-order valence-electron chi connectivity index (χ4n) is 8.12. The normalized spacial score (nSPS) is 20.5. The number of likely N-dealkylation sites (tertiary alicyclic amines) is 1. The van der Waals surface area contributed by atoms with Gasteiger partial charge in [0.25, 0.3) is 0 Å². The molecular weight excluding hydrogens is 662 g/mol. The van der Waals surface area contributed by atoms with Crippen LogP contribution in [0.25, 0.3) is 21.1 Å². The molecule has 3 saturated heterocycles. The molecule has 6 heterocycles. The number of hydrogen-bond donors (Lipinski definition) is 0. The number of aryl methyl sites for hydroxylation is 2. The number of halogens is 3. The number of fused-ring (bicyclic) bond motifs is 2. The fourth-order valence-corrected chi connectivity index (χ4v) is 9.20. The maximum atomic E-state index is 13.2. The number of amides is 1. The number of hydrogen-bond acceptors (Lipinski definition) is 8. The summed E-state index contributed by atoms with van der Waals surface area (Å²) in [5.74, 6) is 1.42. The maximum absolute atomic E-state index is 13.2. The van der Waals surface area contributed by atoms with Gasteiger partial charge in [0.05, 0.1) is 11.8 Å². The number of nitriles is 1. The fraction of sp³-hybridized carbons (Fsp3) is 0.514. The lowest BCUT2D eigenvalue weighted by atomic mass is 9.86. The van der Waals surface area contributed by atoms with Gasteiger partial charge in [0.1, 0.15) is 28.2 Å². The van der Waals surface area contributed by atoms with Crippen LogP contribution in [0, 0.1) is 23.7 Å². The highest BCUT2D eigenvalue weighted by atomic mass is 32.1. The minimum atomic E-state index is -4.26. The molecule has 264 valence electrons. The van der Waals surface area contributed by atoms with Crippen LogP contribution >= 0.6 is 11.3 Å². The number of carbonyl (C=O) groups is 1. The largest absolute Gasteiger partial charge is 0.393 e. The first-order valence-electron chi connectivity index (χ1n) is 17.5. The zero-order chi connectivity index (χ0) is 35.2. The van der Waals surface area contributed by atoms with Crippen molar-refractivity contribution < 1.29 is 18.0 Å². The average Bonchev–Trinajstić information content (AvgIpc) is 3.89. The molecule has 0 saturated carbocycles. The van der Waals surface area contributed by atoms with Crippen LogP contribution in [0.5, 0.6) is 0 Å². The van der Waals surface area contributed by atoms with E-state index in [9.17, 15) is 23.2 Å². The molecule has 1 spiro atoms. The van der Waals surface area contributed by atoms with Crippen molar-refractivity contribution >= 4 is 44.2 Å². The van der Waals surface area contributed by atoms with Crippen LogP contribution in [0.2, 0.25) is 0 Å². The molecule has 3 aromatic heterocycles. The molecule has 9 nitrogen and oxygen atoms in total. The van der Waals surface area contributed by atoms with Gasteiger partial charge in [-0.3, -0.25) is 14.6 Å². The first-order valence-corrected chi connectivity index (χ1v) is 18.3. The minimum absolute atomic E-state index is 0.0232. The van der Waals surface area contributed by atoms with Gasteiger partial charge in [-0.25, -0.2) is 9.97 Å². The van der Waals surface area contributed by atoms with Crippen molar-refractivity contribution in [2.24, 2.45) is 5.41 Å². The molecule has 1 unspecified atom stereocenters. The van der Waals surface area contributed by atoms with Gasteiger partial charge < -0.3 is 14.4 Å². The Bertz CT molecular complexity index is 1970. The van der Waals surface area contributed by atoms with Crippen molar-refractivity contribution in [1.82, 2.24) is 29.2 Å². The third-order valence-electron chi connectivity index (χ3n) is 10.9. The molecule has 13 heteroatoms. The Morgan fingerprint density at radius 1 is 1.04 bits per heavy atom. The van der Waals surface area contributed by atoms with Gasteiger partial charge in [0.15, 0.2) is 0 Å². The molecule has 50 heavy (non-hydrogen) atoms. The van der Waals surface area contributed by atoms with Crippen LogP contribution in [-0.2, 0) is 30.7 Å². The van der Waals surface area contributed by atoms with E-state index in [0.717, 1.165) is 98.6 Å². The van der Waals surface area contributed by atoms with E-state index < -0.39 is 12.6 Å². The number of aromatic nitrogens is 3. The molecule has 7 rings (SSSR count). The average molecular weight is 705 g/mol. The lowest BCUT2D eigenvalue weighted by Gasteiger charge is -2.34. The highest BCUT2D eigenvalue weighted by Crippen LogP contribution is 2.44. The van der Waals surface area contributed by atoms with E-state index in [-0.39, 0.29) is 16.2 Å². The number of alkyl halides is 3. The second kappa shape index (κ2) is 13.6. The van der Waals surface area contributed by atoms with Crippen LogP contribution in [0.1, 0.15) is 47.3 Å². The van der Waals surface area contributed by atoms with Gasteiger partial charge in [-0.05, 0) is 61.7 Å². The first-order chi connectivity index (χ1) is 24.0. The third kappa shape index (κ3) is 6.85. The SMILES string of the molecule is C=CC(=O)N1CCN(CCn2c(C#N)cc3c(C)c(CN4CCC5(CCN(c6nc(CC)nc7sc(CC(F)(F)F)cc67)C5)C4)ccc32)CC1. The number of carbonyl (C=O) groups excluding carboxylic acids is 1. The number of thiophene rings is 1. The number of nitrogens with zero attached hydrogens (tertiary/aromatic N) is 8. The quantitative estimate of drug-likeness (QED) is 0.200. The van der Waals surface area contributed by atoms with E-state index in [1.807, 2.05) is 17.9 Å². The zero-order valence-corrected chi connectivity index (χ0v) is 29.5. The molecule has 3 aliphatic heterocycles. The van der Waals surface area contributed by atoms with Crippen LogP contribution in [0.3, 0.4) is 0 Å². The van der Waals surface area contributed by atoms with Gasteiger partial charge in [0, 0.05) is 93.1 Å². The number of benzene rings is 1. The van der Waals surface area contributed by atoms with E-state index in [1.165, 1.54) is 17.2 Å². The second-order valence-electron chi connectivity index (χ2n) is 14.1. The standard InChI is InChI=1S/C37H43F3N8OS/c1-4-32-42-34(30-19-28(20-37(38,39)40)50-35(30)43-32)47-11-9-36(24-47)8-10-45(23-36)22-26-6-7-31-29(25(26)3)18-27(21-41)48(31)17-14-44-12-15-46(16-13-44)33(49)5-2/h5-7,18-19H,2,4,8-17,20,22-24H2,1,3H3. The van der Waals surface area contributed by atoms with Crippen molar-refractivity contribution in [1.29, 1.82) is 5.26 Å². The molecule has 3 fully saturated rings. The molecule has 1 atom stereocenters. The van der Waals surface area contributed by atoms with Crippen molar-refractivity contribution in [3.8, 4) is 6.07 Å². The maximum Gasteiger partial charge on any atom is 0.393 e. The summed E-state index contributed by atoms with van der Waals surface area (Å²) >= 11 is 1.13. The summed E-state index contributed by atoms with van der Waals surface area (Å²) in [5.41, 5.74) is 4.30. The van der Waals surface area contributed by atoms with Crippen LogP contribution < -0.4 is 4.90 Å². The van der Waals surface area contributed by atoms with Gasteiger partial charge >= 0.3 is 6.18 Å². The highest BCUT2D eigenvalue weighted by Gasteiger charge is 2.44. The van der Waals surface area contributed by atoms with E-state index in [0.29, 0.717) is 42.4 Å². The van der Waals surface area contributed by atoms with Crippen molar-refractivity contribution in [2.75, 3.05) is 63.8 Å². The van der Waals surface area contributed by atoms with Crippen molar-refractivity contribution in [2.45, 2.75) is 58.8 Å². The Labute approximate surface area is 294 Å². The Morgan fingerprint density at radius 3 is 2.54 bits per heavy atom. The van der Waals surface area contributed by atoms with Crippen LogP contribution in [0.4, 0.5) is 19.0 Å². The summed E-state index contributed by atoms with van der Waals surface area (Å²) in [5, 5.41) is 11.9. The van der Waals surface area contributed by atoms with Gasteiger partial charge in [0.2, 0.25) is 5.91 Å². The molecule has 0 aliphatic carbocycles. The number of piperazine rings is 1. The second-order valence-corrected chi connectivity index (χ2v) is 15.2. The van der Waals surface area contributed by atoms with Gasteiger partial charge in [-0.2, -0.15) is 18.4 Å². The summed E-state index contributed by atoms with van der Waals surface area (Å²) in [7, 11) is 0. The summed E-state index contributed by atoms with van der Waals surface area (Å²) < 4.78 is 41.8. The molecule has 1 amide bonds. The zero-order valence-electron chi connectivity index (χ0n) is 28.7. The summed E-state index contributed by atoms with van der Waals surface area (Å²) in [6, 6.07) is 10.4. The lowest BCUT2D eigenvalue weighted by molar-refractivity contribution is -0.128. The van der Waals surface area contributed by atoms with Crippen molar-refractivity contribution in [3.05, 3.63) is 64.4 Å². The molecule has 3 aliphatic rings. The molecule has 1 aromatic carbocycles. The predicted molar refractivity (Wildman–Crippen MR) is 190 cm³/mol. The monoisotopic (exact) mass is 704 g/mol. The summed E-state index contributed by atoms with van der Waals surface area (Å²) in [6.07, 6.45) is -1.13. The lowest BCUT2D eigenvalue weighted by Crippen LogP contribution is -2.48. The van der Waals surface area contributed by atoms with E-state index in [4.69, 9.17) is 4.98 Å². The van der Waals surface area contributed by atoms with Crippen molar-refractivity contribution in [3.63, 3.8) is 0 Å². The molecular formula is C37H43F3N8OS. The Kier molecular flexibility index (Phi) is 9.39. The van der Waals surface area contributed by atoms with Crippen LogP contribution in [-0.4, -0.2) is 100 Å². The molecule has 0 N–H and O–H groups in total. The Balaban J connectivity index is 1.02. The van der Waals surface area contributed by atoms with E-state index in [1.54, 1.807) is 6.07 Å². The Morgan fingerprint density at radius 2 is 1.82 bits per heavy atom. The summed E-state index contributed by atoms with van der Waals surface area (Å²) in [4.78, 5) is 31.3. The minimum Gasteiger partial charge on any atom is -0.355 e. The topological polar surface area (TPSA) is 84.5 Å². The predicted octanol–water partition coefficient (Wildman–Crippen LogP) is 5.93. The van der Waals surface area contributed by atoms with Gasteiger partial charge in [-0.15, -0.1) is 11.3 Å². The molecule has 4 aromatic rings. The van der Waals surface area contributed by atoms with Gasteiger partial charge in [-0.1, -0.05) is 19.6 Å². The Hall–Kier alpha value is -3.99. The van der Waals surface area contributed by atoms with E-state index in [2.05, 4.69) is 56.0 Å². The van der Waals surface area contributed by atoms with Crippen LogP contribution in [0.15, 0.2) is 36.9 Å². The first kappa shape index (κ1) is 34.5. The number of rotatable bonds is 9. The van der Waals surface area contributed by atoms with E-state index >= 15 is 0 Å². The summed E-state index contributed by atoms with van der Waals surface area (Å²) in [6.45, 7) is 16.6. The third-order valence-corrected chi connectivity index (χ3v) is 11.9. The molecule has 0 radical (unpaired) electrons. The molecule has 0 bridgehead atoms. The number of anilines is 1. The highest BCUT2D eigenvalue weighted by molar-refractivity contribution is 7.18.